The van der Waals surface area contributed by atoms with Crippen LogP contribution in [0, 0.1) is 0 Å². The third kappa shape index (κ3) is 4.15. The Balaban J connectivity index is 1.75. The number of para-hydroxylation sites is 1. The summed E-state index contributed by atoms with van der Waals surface area (Å²) in [4.78, 5) is 38.0. The Morgan fingerprint density at radius 3 is 2.48 bits per heavy atom. The Bertz CT molecular complexity index is 881. The molecule has 2 aromatic rings. The molecule has 0 aliphatic carbocycles. The molecule has 0 bridgehead atoms. The molecular weight excluding hydrogens is 346 g/mol. The topological polar surface area (TPSA) is 102 Å². The van der Waals surface area contributed by atoms with Crippen LogP contribution in [0.3, 0.4) is 0 Å². The summed E-state index contributed by atoms with van der Waals surface area (Å²) in [5.41, 5.74) is 8.31. The Kier molecular flexibility index (Phi) is 5.52. The van der Waals surface area contributed by atoms with E-state index >= 15 is 0 Å². The number of hydrogen-bond donors (Lipinski definition) is 2. The number of benzene rings is 2. The van der Waals surface area contributed by atoms with Crippen LogP contribution in [0.5, 0.6) is 0 Å². The molecule has 0 aromatic heterocycles. The SMILES string of the molecule is COC(=O)c1ccccc1NC(=O)CN1Cc2ccccc2C[C@@H]1C(N)=O. The van der Waals surface area contributed by atoms with Gasteiger partial charge in [-0.05, 0) is 29.7 Å². The van der Waals surface area contributed by atoms with E-state index in [1.807, 2.05) is 24.3 Å². The van der Waals surface area contributed by atoms with Crippen molar-refractivity contribution in [2.24, 2.45) is 5.73 Å². The number of rotatable bonds is 5. The molecular formula is C20H21N3O4. The fourth-order valence-corrected chi connectivity index (χ4v) is 3.28. The zero-order chi connectivity index (χ0) is 19.4. The highest BCUT2D eigenvalue weighted by molar-refractivity contribution is 6.01. The first-order chi connectivity index (χ1) is 13.0. The zero-order valence-electron chi connectivity index (χ0n) is 15.0. The van der Waals surface area contributed by atoms with Gasteiger partial charge in [0.2, 0.25) is 11.8 Å². The number of amides is 2. The number of carbonyl (C=O) groups is 3. The first-order valence-electron chi connectivity index (χ1n) is 8.57. The molecule has 0 saturated heterocycles. The lowest BCUT2D eigenvalue weighted by molar-refractivity contribution is -0.125. The van der Waals surface area contributed by atoms with Gasteiger partial charge in [-0.15, -0.1) is 0 Å². The molecule has 0 radical (unpaired) electrons. The van der Waals surface area contributed by atoms with Crippen molar-refractivity contribution >= 4 is 23.5 Å². The molecule has 1 atom stereocenters. The molecule has 0 unspecified atom stereocenters. The van der Waals surface area contributed by atoms with Crippen LogP contribution in [0.2, 0.25) is 0 Å². The summed E-state index contributed by atoms with van der Waals surface area (Å²) < 4.78 is 4.73. The minimum atomic E-state index is -0.554. The van der Waals surface area contributed by atoms with Crippen molar-refractivity contribution < 1.29 is 19.1 Å². The van der Waals surface area contributed by atoms with Crippen molar-refractivity contribution in [2.75, 3.05) is 19.0 Å². The number of hydrogen-bond acceptors (Lipinski definition) is 5. The van der Waals surface area contributed by atoms with Gasteiger partial charge in [0.25, 0.3) is 0 Å². The number of ether oxygens (including phenoxy) is 1. The van der Waals surface area contributed by atoms with E-state index in [0.717, 1.165) is 11.1 Å². The molecule has 2 amide bonds. The number of carbonyl (C=O) groups excluding carboxylic acids is 3. The number of fused-ring (bicyclic) bond motifs is 1. The number of nitrogens with two attached hydrogens (primary N) is 1. The molecule has 7 nitrogen and oxygen atoms in total. The van der Waals surface area contributed by atoms with Gasteiger partial charge in [0.15, 0.2) is 0 Å². The second-order valence-electron chi connectivity index (χ2n) is 6.38. The number of methoxy groups -OCH3 is 1. The Morgan fingerprint density at radius 2 is 1.78 bits per heavy atom. The van der Waals surface area contributed by atoms with Crippen molar-refractivity contribution in [2.45, 2.75) is 19.0 Å². The summed E-state index contributed by atoms with van der Waals surface area (Å²) in [6.07, 6.45) is 0.470. The predicted octanol–water partition coefficient (Wildman–Crippen LogP) is 1.32. The standard InChI is InChI=1S/C20H21N3O4/c1-27-20(26)15-8-4-5-9-16(15)22-18(24)12-23-11-14-7-3-2-6-13(14)10-17(23)19(21)25/h2-9,17H,10-12H2,1H3,(H2,21,25)(H,22,24)/t17-/m1/s1. The van der Waals surface area contributed by atoms with E-state index < -0.39 is 17.9 Å². The molecule has 0 fully saturated rings. The molecule has 0 spiro atoms. The second kappa shape index (κ2) is 8.01. The number of primary amides is 1. The Morgan fingerprint density at radius 1 is 1.11 bits per heavy atom. The van der Waals surface area contributed by atoms with E-state index in [2.05, 4.69) is 5.32 Å². The van der Waals surface area contributed by atoms with Gasteiger partial charge in [0, 0.05) is 6.54 Å². The van der Waals surface area contributed by atoms with E-state index in [-0.39, 0.29) is 18.0 Å². The van der Waals surface area contributed by atoms with E-state index in [1.165, 1.54) is 7.11 Å². The van der Waals surface area contributed by atoms with E-state index in [0.29, 0.717) is 18.7 Å². The highest BCUT2D eigenvalue weighted by Crippen LogP contribution is 2.23. The van der Waals surface area contributed by atoms with E-state index in [4.69, 9.17) is 10.5 Å². The smallest absolute Gasteiger partial charge is 0.339 e. The number of nitrogens with one attached hydrogen (secondary N) is 1. The molecule has 1 aliphatic rings. The van der Waals surface area contributed by atoms with Crippen LogP contribution >= 0.6 is 0 Å². The largest absolute Gasteiger partial charge is 0.465 e. The average Bonchev–Trinajstić information content (AvgIpc) is 2.67. The van der Waals surface area contributed by atoms with Crippen LogP contribution < -0.4 is 11.1 Å². The van der Waals surface area contributed by atoms with Crippen molar-refractivity contribution in [3.8, 4) is 0 Å². The summed E-state index contributed by atoms with van der Waals surface area (Å²) in [6.45, 7) is 0.438. The van der Waals surface area contributed by atoms with Gasteiger partial charge in [-0.2, -0.15) is 0 Å². The first-order valence-corrected chi connectivity index (χ1v) is 8.57. The molecule has 7 heteroatoms. The second-order valence-corrected chi connectivity index (χ2v) is 6.38. The molecule has 3 rings (SSSR count). The van der Waals surface area contributed by atoms with Crippen LogP contribution in [0.4, 0.5) is 5.69 Å². The van der Waals surface area contributed by atoms with Crippen molar-refractivity contribution in [3.05, 3.63) is 65.2 Å². The van der Waals surface area contributed by atoms with Gasteiger partial charge in [0.05, 0.1) is 30.9 Å². The maximum Gasteiger partial charge on any atom is 0.339 e. The third-order valence-corrected chi connectivity index (χ3v) is 4.63. The molecule has 140 valence electrons. The van der Waals surface area contributed by atoms with Gasteiger partial charge in [-0.1, -0.05) is 36.4 Å². The van der Waals surface area contributed by atoms with Crippen molar-refractivity contribution in [1.29, 1.82) is 0 Å². The quantitative estimate of drug-likeness (QED) is 0.776. The normalized spacial score (nSPS) is 16.3. The van der Waals surface area contributed by atoms with Crippen LogP contribution in [0.25, 0.3) is 0 Å². The molecule has 3 N–H and O–H groups in total. The predicted molar refractivity (Wildman–Crippen MR) is 99.9 cm³/mol. The van der Waals surface area contributed by atoms with Crippen LogP contribution in [-0.2, 0) is 27.3 Å². The number of anilines is 1. The lowest BCUT2D eigenvalue weighted by Crippen LogP contribution is -2.50. The maximum absolute atomic E-state index is 12.6. The van der Waals surface area contributed by atoms with Gasteiger partial charge in [-0.25, -0.2) is 4.79 Å². The number of esters is 1. The highest BCUT2D eigenvalue weighted by Gasteiger charge is 2.31. The number of nitrogens with zero attached hydrogens (tertiary/aromatic N) is 1. The fourth-order valence-electron chi connectivity index (χ4n) is 3.28. The summed E-state index contributed by atoms with van der Waals surface area (Å²) in [6, 6.07) is 13.8. The summed E-state index contributed by atoms with van der Waals surface area (Å²) in [5, 5.41) is 2.72. The Hall–Kier alpha value is -3.19. The van der Waals surface area contributed by atoms with E-state index in [9.17, 15) is 14.4 Å². The Labute approximate surface area is 157 Å². The minimum Gasteiger partial charge on any atom is -0.465 e. The first kappa shape index (κ1) is 18.6. The minimum absolute atomic E-state index is 0.0164. The lowest BCUT2D eigenvalue weighted by Gasteiger charge is -2.34. The monoisotopic (exact) mass is 367 g/mol. The average molecular weight is 367 g/mol. The van der Waals surface area contributed by atoms with Gasteiger partial charge in [-0.3, -0.25) is 14.5 Å². The molecule has 27 heavy (non-hydrogen) atoms. The van der Waals surface area contributed by atoms with Crippen LogP contribution in [0.15, 0.2) is 48.5 Å². The fraction of sp³-hybridized carbons (Fsp3) is 0.250. The zero-order valence-corrected chi connectivity index (χ0v) is 15.0. The molecule has 2 aromatic carbocycles. The molecule has 1 heterocycles. The van der Waals surface area contributed by atoms with E-state index in [1.54, 1.807) is 29.2 Å². The van der Waals surface area contributed by atoms with Gasteiger partial charge >= 0.3 is 5.97 Å². The van der Waals surface area contributed by atoms with Gasteiger partial charge < -0.3 is 15.8 Å². The van der Waals surface area contributed by atoms with Crippen LogP contribution in [-0.4, -0.2) is 42.4 Å². The highest BCUT2D eigenvalue weighted by atomic mass is 16.5. The molecule has 0 saturated carbocycles. The summed E-state index contributed by atoms with van der Waals surface area (Å²) in [7, 11) is 1.28. The van der Waals surface area contributed by atoms with Gasteiger partial charge in [0.1, 0.15) is 0 Å². The summed E-state index contributed by atoms with van der Waals surface area (Å²) >= 11 is 0. The van der Waals surface area contributed by atoms with Crippen LogP contribution in [0.1, 0.15) is 21.5 Å². The van der Waals surface area contributed by atoms with Crippen molar-refractivity contribution in [3.63, 3.8) is 0 Å². The van der Waals surface area contributed by atoms with Crippen molar-refractivity contribution in [1.82, 2.24) is 4.90 Å². The lowest BCUT2D eigenvalue weighted by atomic mass is 9.93. The molecule has 1 aliphatic heterocycles. The third-order valence-electron chi connectivity index (χ3n) is 4.63. The maximum atomic E-state index is 12.6. The summed E-state index contributed by atoms with van der Waals surface area (Å²) in [5.74, 6) is -1.34.